The predicted molar refractivity (Wildman–Crippen MR) is 606 cm³/mol. The van der Waals surface area contributed by atoms with E-state index in [9.17, 15) is 19.2 Å². The molecule has 2 aliphatic heterocycles. The average Bonchev–Trinajstić information content (AvgIpc) is 1.64. The maximum atomic E-state index is 11.4. The van der Waals surface area contributed by atoms with E-state index in [1.54, 1.807) is 0 Å². The smallest absolute Gasteiger partial charge is 0.252 e. The van der Waals surface area contributed by atoms with Crippen molar-refractivity contribution in [3.05, 3.63) is 304 Å². The molecule has 716 valence electrons. The number of benzene rings is 13. The van der Waals surface area contributed by atoms with Gasteiger partial charge in [0.1, 0.15) is 0 Å². The lowest BCUT2D eigenvalue weighted by Crippen LogP contribution is -2.61. The van der Waals surface area contributed by atoms with Crippen LogP contribution in [0.2, 0.25) is 0 Å². The van der Waals surface area contributed by atoms with Gasteiger partial charge in [-0.3, -0.25) is 0 Å². The van der Waals surface area contributed by atoms with Crippen molar-refractivity contribution in [2.24, 2.45) is 59.6 Å². The van der Waals surface area contributed by atoms with Crippen molar-refractivity contribution in [1.82, 2.24) is 9.13 Å². The molecule has 0 N–H and O–H groups in total. The number of nitrogens with zero attached hydrogens (tertiary/aromatic N) is 4. The molecule has 0 bridgehead atoms. The van der Waals surface area contributed by atoms with Crippen LogP contribution in [0.3, 0.4) is 0 Å². The van der Waals surface area contributed by atoms with E-state index in [1.807, 2.05) is 255 Å². The van der Waals surface area contributed by atoms with E-state index in [-0.39, 0.29) is 21.7 Å². The van der Waals surface area contributed by atoms with Crippen LogP contribution in [0.1, 0.15) is 309 Å². The zero-order valence-corrected chi connectivity index (χ0v) is 89.3. The molecule has 5 heteroatoms. The molecule has 0 unspecified atom stereocenters. The van der Waals surface area contributed by atoms with E-state index < -0.39 is 89.2 Å². The second-order valence-corrected chi connectivity index (χ2v) is 52.3. The van der Waals surface area contributed by atoms with Crippen LogP contribution in [-0.4, -0.2) is 15.8 Å². The number of aromatic nitrogens is 2. The first-order valence-corrected chi connectivity index (χ1v) is 50.6. The number of rotatable bonds is 19. The van der Waals surface area contributed by atoms with Crippen LogP contribution in [0.4, 0.5) is 34.1 Å². The van der Waals surface area contributed by atoms with Gasteiger partial charge in [-0.2, -0.15) is 0 Å². The van der Waals surface area contributed by atoms with Crippen molar-refractivity contribution >= 4 is 101 Å². The molecule has 4 heterocycles. The summed E-state index contributed by atoms with van der Waals surface area (Å²) in [6.45, 7) is 66.6. The van der Waals surface area contributed by atoms with E-state index in [4.69, 9.17) is 0 Å². The minimum Gasteiger partial charge on any atom is -0.311 e. The van der Waals surface area contributed by atoms with Crippen molar-refractivity contribution < 1.29 is 19.2 Å². The molecule has 0 saturated carbocycles. The zero-order valence-electron chi connectivity index (χ0n) is 103. The van der Waals surface area contributed by atoms with E-state index >= 15 is 0 Å². The maximum absolute atomic E-state index is 11.4. The third kappa shape index (κ3) is 22.3. The molecule has 17 rings (SSSR count). The number of anilines is 6. The number of hydrogen-bond donors (Lipinski definition) is 0. The highest BCUT2D eigenvalue weighted by molar-refractivity contribution is 7.00. The van der Waals surface area contributed by atoms with Gasteiger partial charge in [0.25, 0.3) is 6.71 Å². The molecule has 15 aromatic rings. The third-order valence-corrected chi connectivity index (χ3v) is 25.3. The number of hydrogen-bond acceptors (Lipinski definition) is 2. The Morgan fingerprint density at radius 3 is 0.732 bits per heavy atom. The number of fused-ring (bicyclic) bond motifs is 10. The second-order valence-electron chi connectivity index (χ2n) is 52.3. The van der Waals surface area contributed by atoms with E-state index in [0.29, 0.717) is 118 Å². The van der Waals surface area contributed by atoms with Gasteiger partial charge in [0.15, 0.2) is 0 Å². The van der Waals surface area contributed by atoms with E-state index in [2.05, 4.69) is 235 Å². The van der Waals surface area contributed by atoms with Crippen molar-refractivity contribution in [3.8, 4) is 55.9 Å². The van der Waals surface area contributed by atoms with Crippen LogP contribution in [-0.2, 0) is 70.3 Å². The lowest BCUT2D eigenvalue weighted by molar-refractivity contribution is 0.410. The lowest BCUT2D eigenvalue weighted by Gasteiger charge is -2.46. The Labute approximate surface area is 852 Å². The largest absolute Gasteiger partial charge is 0.311 e. The van der Waals surface area contributed by atoms with Gasteiger partial charge in [0, 0.05) is 86.0 Å². The summed E-state index contributed by atoms with van der Waals surface area (Å²) in [5.41, 5.74) is 15.8. The monoisotopic (exact) mass is 1840 g/mol. The molecular weight excluding hydrogens is 1660 g/mol. The highest BCUT2D eigenvalue weighted by atomic mass is 15.2. The lowest BCUT2D eigenvalue weighted by atomic mass is 9.33. The fourth-order valence-corrected chi connectivity index (χ4v) is 21.2. The molecule has 4 nitrogen and oxygen atoms in total. The van der Waals surface area contributed by atoms with Crippen LogP contribution < -0.4 is 26.2 Å². The Kier molecular flexibility index (Phi) is 21.2. The van der Waals surface area contributed by atoms with Gasteiger partial charge >= 0.3 is 0 Å². The minimum atomic E-state index is -2.24. The van der Waals surface area contributed by atoms with Crippen molar-refractivity contribution in [2.45, 2.75) is 299 Å². The molecule has 0 spiro atoms. The summed E-state index contributed by atoms with van der Waals surface area (Å²) in [7, 11) is 0. The standard InChI is InChI=1S/C133H161BN4/c1-123(2,3)74-85-38-34-42-94(58-85)102-72-116(104(68-98(102)83-132(28,29)30)96-44-36-40-87(60-96)76-125(7,8)9)137-118-70-100(135-112-54-46-89(78-127(13,14)15)62-106(112)107-63-90(47-55-113(107)135)79-128(16,17)18)50-52-110(118)134-111-53-51-101(136-114-56-48-91(80-129(19,20)21)64-108(114)109-65-92(49-57-115(109)136)81-130(22,23)24)71-119(111)138(121-67-93(82-131(25,26)27)66-120(137)122(121)134)117-73-103(95-43-35-39-86(59-95)75-124(4,5)6)99(84-133(31,32)33)69-105(117)97-45-37-41-88(61-97)77-126(10,11)12/h34-73H,74-84H2,1-33H3/i74D2,75D2,76D2,77D2,82D2,83D2,84D2. The van der Waals surface area contributed by atoms with Crippen molar-refractivity contribution in [2.75, 3.05) is 9.80 Å². The Hall–Kier alpha value is -10.9. The van der Waals surface area contributed by atoms with Gasteiger partial charge in [-0.25, -0.2) is 0 Å². The van der Waals surface area contributed by atoms with Crippen LogP contribution in [0, 0.1) is 59.6 Å². The highest BCUT2D eigenvalue weighted by Gasteiger charge is 2.46. The van der Waals surface area contributed by atoms with Gasteiger partial charge in [-0.15, -0.1) is 0 Å². The van der Waals surface area contributed by atoms with E-state index in [0.717, 1.165) is 97.1 Å². The van der Waals surface area contributed by atoms with Gasteiger partial charge in [-0.05, 0) is 350 Å². The molecule has 0 radical (unpaired) electrons. The van der Waals surface area contributed by atoms with E-state index in [1.165, 1.54) is 22.3 Å². The third-order valence-electron chi connectivity index (χ3n) is 25.3. The van der Waals surface area contributed by atoms with Crippen LogP contribution in [0.5, 0.6) is 0 Å². The Bertz CT molecular complexity index is 7340. The van der Waals surface area contributed by atoms with Crippen LogP contribution in [0.15, 0.2) is 243 Å². The normalized spacial score (nSPS) is 16.1. The predicted octanol–water partition coefficient (Wildman–Crippen LogP) is 36.1. The molecule has 0 saturated heterocycles. The summed E-state index contributed by atoms with van der Waals surface area (Å²) < 4.78 is 153. The summed E-state index contributed by atoms with van der Waals surface area (Å²) >= 11 is 0. The van der Waals surface area contributed by atoms with Gasteiger partial charge in [0.2, 0.25) is 0 Å². The Balaban J connectivity index is 1.14. The summed E-state index contributed by atoms with van der Waals surface area (Å²) in [4.78, 5) is 4.59. The van der Waals surface area contributed by atoms with Gasteiger partial charge < -0.3 is 18.9 Å². The highest BCUT2D eigenvalue weighted by Crippen LogP contribution is 2.55. The summed E-state index contributed by atoms with van der Waals surface area (Å²) in [5, 5.41) is 4.39. The SMILES string of the molecule is [2H]C([2H])(c1cccc(-c2cc(C([2H])([2H])C(C)(C)C)c(-c3cccc(C([2H])([2H])C(C)(C)C)c3)cc2N2c3cc(-n4c5ccc(CC(C)(C)C)cc5c5cc(CC(C)(C)C)ccc54)ccc3B3c4ccc(-n5c6ccc(CC(C)(C)C)cc6c6cc(CC(C)(C)C)ccc65)cc4N(c4cc(-c5cccc(C([2H])([2H])C(C)(C)C)c5)c(C([2H])([2H])C(C)(C)C)cc4-c4cccc(C([2H])([2H])C(C)(C)C)c4)c4cc(C([2H])([2H])C(C)(C)C)cc2c43)c1)C(C)(C)C. The van der Waals surface area contributed by atoms with Crippen LogP contribution in [0.25, 0.3) is 99.5 Å². The topological polar surface area (TPSA) is 16.3 Å². The summed E-state index contributed by atoms with van der Waals surface area (Å²) in [6, 6.07) is 84.0. The molecule has 138 heavy (non-hydrogen) atoms. The molecule has 0 atom stereocenters. The maximum Gasteiger partial charge on any atom is 0.252 e. The first kappa shape index (κ1) is 81.9. The Morgan fingerprint density at radius 1 is 0.210 bits per heavy atom. The molecule has 13 aromatic carbocycles. The fourth-order valence-electron chi connectivity index (χ4n) is 21.2. The minimum absolute atomic E-state index is 0.0498. The first-order valence-electron chi connectivity index (χ1n) is 57.6. The molecule has 2 aromatic heterocycles. The first-order chi connectivity index (χ1) is 69.5. The molecule has 2 aliphatic rings. The molecule has 0 fully saturated rings. The van der Waals surface area contributed by atoms with Gasteiger partial charge in [-0.1, -0.05) is 362 Å². The molecule has 0 amide bonds. The molecular formula is C133H161BN4. The van der Waals surface area contributed by atoms with Gasteiger partial charge in [0.05, 0.1) is 33.4 Å². The molecule has 0 aliphatic carbocycles. The summed E-state index contributed by atoms with van der Waals surface area (Å²) in [6.07, 6.45) is -11.0. The summed E-state index contributed by atoms with van der Waals surface area (Å²) in [5.74, 6) is 0. The second kappa shape index (κ2) is 35.7. The zero-order chi connectivity index (χ0) is 112. The quantitative estimate of drug-likeness (QED) is 0.0750. The van der Waals surface area contributed by atoms with Crippen molar-refractivity contribution in [3.63, 3.8) is 0 Å². The fraction of sp³-hybridized carbons (Fsp3) is 0.414. The van der Waals surface area contributed by atoms with Crippen LogP contribution >= 0.6 is 0 Å². The van der Waals surface area contributed by atoms with Crippen molar-refractivity contribution in [1.29, 1.82) is 0 Å². The average molecular weight is 1840 g/mol. The Morgan fingerprint density at radius 2 is 0.471 bits per heavy atom.